The largest absolute Gasteiger partial charge is 0.439 e. The van der Waals surface area contributed by atoms with Crippen LogP contribution in [0.25, 0.3) is 28.3 Å². The number of aromatic amines is 1. The number of hydrogen-bond donors (Lipinski definition) is 1. The molecule has 3 aromatic heterocycles. The van der Waals surface area contributed by atoms with Crippen molar-refractivity contribution in [2.24, 2.45) is 0 Å². The van der Waals surface area contributed by atoms with Gasteiger partial charge in [-0.15, -0.1) is 0 Å². The lowest BCUT2D eigenvalue weighted by Gasteiger charge is -2.17. The monoisotopic (exact) mass is 484 g/mol. The van der Waals surface area contributed by atoms with E-state index in [1.165, 1.54) is 0 Å². The van der Waals surface area contributed by atoms with Crippen molar-refractivity contribution in [2.75, 3.05) is 0 Å². The SMILES string of the molecule is CCCc1c(Cc2ccc(-c3ccccc3-c3noc(=O)[nH]3)cc2)c(=O)n(C(C)C)c2nc(C)nn12. The van der Waals surface area contributed by atoms with Crippen LogP contribution in [0.3, 0.4) is 0 Å². The van der Waals surface area contributed by atoms with Crippen molar-refractivity contribution in [2.45, 2.75) is 53.0 Å². The highest BCUT2D eigenvalue weighted by Crippen LogP contribution is 2.30. The summed E-state index contributed by atoms with van der Waals surface area (Å²) in [5, 5.41) is 8.46. The number of nitrogens with zero attached hydrogens (tertiary/aromatic N) is 5. The van der Waals surface area contributed by atoms with Crippen LogP contribution in [0.2, 0.25) is 0 Å². The van der Waals surface area contributed by atoms with Gasteiger partial charge in [0.25, 0.3) is 5.56 Å². The zero-order valence-electron chi connectivity index (χ0n) is 20.8. The Morgan fingerprint density at radius 1 is 1.03 bits per heavy atom. The summed E-state index contributed by atoms with van der Waals surface area (Å²) in [6, 6.07) is 15.7. The highest BCUT2D eigenvalue weighted by molar-refractivity contribution is 5.80. The average molecular weight is 485 g/mol. The van der Waals surface area contributed by atoms with E-state index in [0.717, 1.165) is 46.4 Å². The van der Waals surface area contributed by atoms with Gasteiger partial charge in [-0.25, -0.2) is 9.31 Å². The third-order valence-electron chi connectivity index (χ3n) is 6.26. The minimum atomic E-state index is -0.593. The fourth-order valence-corrected chi connectivity index (χ4v) is 4.66. The summed E-state index contributed by atoms with van der Waals surface area (Å²) in [4.78, 5) is 32.3. The maximum absolute atomic E-state index is 13.7. The average Bonchev–Trinajstić information content (AvgIpc) is 3.46. The first-order valence-electron chi connectivity index (χ1n) is 12.1. The van der Waals surface area contributed by atoms with Crippen molar-refractivity contribution >= 4 is 5.78 Å². The lowest BCUT2D eigenvalue weighted by atomic mass is 9.96. The predicted molar refractivity (Wildman–Crippen MR) is 137 cm³/mol. The standard InChI is InChI=1S/C27H28N6O3/c1-5-8-23-22(25(34)32(16(2)3)26-28-17(4)30-33(23)26)15-18-11-13-19(14-12-18)20-9-6-7-10-21(20)24-29-27(35)36-31-24/h6-7,9-14,16H,5,8,15H2,1-4H3,(H,29,31,35). The quantitative estimate of drug-likeness (QED) is 0.368. The van der Waals surface area contributed by atoms with E-state index in [9.17, 15) is 9.59 Å². The van der Waals surface area contributed by atoms with Gasteiger partial charge in [-0.05, 0) is 43.9 Å². The molecule has 0 aliphatic heterocycles. The van der Waals surface area contributed by atoms with Gasteiger partial charge in [0.05, 0.1) is 5.69 Å². The van der Waals surface area contributed by atoms with E-state index in [1.807, 2.05) is 73.8 Å². The van der Waals surface area contributed by atoms with E-state index in [0.29, 0.717) is 23.8 Å². The summed E-state index contributed by atoms with van der Waals surface area (Å²) in [7, 11) is 0. The Morgan fingerprint density at radius 3 is 2.39 bits per heavy atom. The minimum Gasteiger partial charge on any atom is -0.296 e. The normalized spacial score (nSPS) is 11.6. The zero-order chi connectivity index (χ0) is 25.4. The molecule has 184 valence electrons. The van der Waals surface area contributed by atoms with Crippen molar-refractivity contribution < 1.29 is 4.52 Å². The van der Waals surface area contributed by atoms with E-state index in [-0.39, 0.29) is 11.6 Å². The van der Waals surface area contributed by atoms with Crippen LogP contribution in [0.5, 0.6) is 0 Å². The first-order valence-corrected chi connectivity index (χ1v) is 12.1. The van der Waals surface area contributed by atoms with Crippen molar-refractivity contribution in [1.29, 1.82) is 0 Å². The molecule has 0 saturated heterocycles. The molecular formula is C27H28N6O3. The maximum atomic E-state index is 13.7. The summed E-state index contributed by atoms with van der Waals surface area (Å²) in [6.45, 7) is 7.93. The minimum absolute atomic E-state index is 0.0160. The number of hydrogen-bond acceptors (Lipinski definition) is 6. The molecule has 2 aromatic carbocycles. The van der Waals surface area contributed by atoms with Crippen LogP contribution in [-0.2, 0) is 12.8 Å². The second kappa shape index (κ2) is 9.41. The van der Waals surface area contributed by atoms with Crippen LogP contribution in [0.4, 0.5) is 0 Å². The van der Waals surface area contributed by atoms with Crippen molar-refractivity contribution in [3.05, 3.63) is 92.1 Å². The lowest BCUT2D eigenvalue weighted by molar-refractivity contribution is 0.388. The molecule has 0 atom stereocenters. The molecule has 0 aliphatic carbocycles. The van der Waals surface area contributed by atoms with Crippen LogP contribution in [0, 0.1) is 6.92 Å². The van der Waals surface area contributed by atoms with Gasteiger partial charge < -0.3 is 0 Å². The molecule has 0 amide bonds. The summed E-state index contributed by atoms with van der Waals surface area (Å²) in [6.07, 6.45) is 2.13. The molecule has 0 bridgehead atoms. The molecule has 9 heteroatoms. The van der Waals surface area contributed by atoms with E-state index < -0.39 is 5.76 Å². The number of nitrogens with one attached hydrogen (secondary N) is 1. The Morgan fingerprint density at radius 2 is 1.75 bits per heavy atom. The Labute approximate surface area is 207 Å². The third-order valence-corrected chi connectivity index (χ3v) is 6.26. The molecule has 36 heavy (non-hydrogen) atoms. The number of aryl methyl sites for hydroxylation is 2. The molecular weight excluding hydrogens is 456 g/mol. The zero-order valence-corrected chi connectivity index (χ0v) is 20.8. The van der Waals surface area contributed by atoms with E-state index in [2.05, 4.69) is 27.1 Å². The van der Waals surface area contributed by atoms with Crippen molar-refractivity contribution in [3.8, 4) is 22.5 Å². The Hall–Kier alpha value is -4.27. The Bertz CT molecular complexity index is 1650. The highest BCUT2D eigenvalue weighted by atomic mass is 16.5. The lowest BCUT2D eigenvalue weighted by Crippen LogP contribution is -2.30. The van der Waals surface area contributed by atoms with Crippen LogP contribution in [0.1, 0.15) is 55.9 Å². The fraction of sp³-hybridized carbons (Fsp3) is 0.296. The molecule has 0 saturated carbocycles. The summed E-state index contributed by atoms with van der Waals surface area (Å²) in [5.41, 5.74) is 5.32. The van der Waals surface area contributed by atoms with Crippen LogP contribution in [0.15, 0.2) is 62.6 Å². The van der Waals surface area contributed by atoms with Gasteiger partial charge >= 0.3 is 5.76 Å². The molecule has 5 aromatic rings. The molecule has 0 radical (unpaired) electrons. The van der Waals surface area contributed by atoms with Crippen LogP contribution < -0.4 is 11.3 Å². The van der Waals surface area contributed by atoms with Gasteiger partial charge in [0.2, 0.25) is 5.78 Å². The fourth-order valence-electron chi connectivity index (χ4n) is 4.66. The van der Waals surface area contributed by atoms with Gasteiger partial charge in [-0.2, -0.15) is 10.1 Å². The number of H-pyrrole nitrogens is 1. The first kappa shape index (κ1) is 23.5. The molecule has 9 nitrogen and oxygen atoms in total. The number of fused-ring (bicyclic) bond motifs is 1. The van der Waals surface area contributed by atoms with Gasteiger partial charge in [0.1, 0.15) is 5.82 Å². The van der Waals surface area contributed by atoms with Gasteiger partial charge in [-0.1, -0.05) is 67.0 Å². The highest BCUT2D eigenvalue weighted by Gasteiger charge is 2.21. The van der Waals surface area contributed by atoms with E-state index in [4.69, 9.17) is 4.52 Å². The van der Waals surface area contributed by atoms with Gasteiger partial charge in [0.15, 0.2) is 5.82 Å². The van der Waals surface area contributed by atoms with Crippen LogP contribution in [-0.4, -0.2) is 29.3 Å². The Balaban J connectivity index is 1.56. The maximum Gasteiger partial charge on any atom is 0.439 e. The number of benzene rings is 2. The van der Waals surface area contributed by atoms with Gasteiger partial charge in [-0.3, -0.25) is 18.9 Å². The van der Waals surface area contributed by atoms with Crippen LogP contribution >= 0.6 is 0 Å². The second-order valence-corrected chi connectivity index (χ2v) is 9.18. The summed E-state index contributed by atoms with van der Waals surface area (Å²) in [5.74, 6) is 1.03. The predicted octanol–water partition coefficient (Wildman–Crippen LogP) is 4.33. The third kappa shape index (κ3) is 4.17. The molecule has 5 rings (SSSR count). The summed E-state index contributed by atoms with van der Waals surface area (Å²) < 4.78 is 8.27. The van der Waals surface area contributed by atoms with Crippen molar-refractivity contribution in [3.63, 3.8) is 0 Å². The van der Waals surface area contributed by atoms with Crippen molar-refractivity contribution in [1.82, 2.24) is 29.3 Å². The smallest absolute Gasteiger partial charge is 0.296 e. The summed E-state index contributed by atoms with van der Waals surface area (Å²) >= 11 is 0. The molecule has 3 heterocycles. The molecule has 1 N–H and O–H groups in total. The molecule has 0 spiro atoms. The number of rotatable bonds is 7. The van der Waals surface area contributed by atoms with Gasteiger partial charge in [0, 0.05) is 23.6 Å². The second-order valence-electron chi connectivity index (χ2n) is 9.18. The first-order chi connectivity index (χ1) is 17.4. The molecule has 0 aliphatic rings. The van der Waals surface area contributed by atoms with E-state index >= 15 is 0 Å². The topological polar surface area (TPSA) is 111 Å². The van der Waals surface area contributed by atoms with E-state index in [1.54, 1.807) is 4.57 Å². The number of aromatic nitrogens is 6. The molecule has 0 fully saturated rings. The Kier molecular flexibility index (Phi) is 6.13. The molecule has 0 unspecified atom stereocenters.